The molecule has 0 saturated carbocycles. The van der Waals surface area contributed by atoms with Crippen LogP contribution >= 0.6 is 11.3 Å². The van der Waals surface area contributed by atoms with Crippen molar-refractivity contribution in [2.45, 2.75) is 38.6 Å². The van der Waals surface area contributed by atoms with Crippen molar-refractivity contribution in [1.82, 2.24) is 4.98 Å². The van der Waals surface area contributed by atoms with Crippen molar-refractivity contribution in [3.05, 3.63) is 57.6 Å². The maximum atomic E-state index is 12.8. The normalized spacial score (nSPS) is 17.6. The van der Waals surface area contributed by atoms with Crippen LogP contribution in [-0.4, -0.2) is 30.0 Å². The first kappa shape index (κ1) is 18.5. The molecule has 1 spiro atoms. The van der Waals surface area contributed by atoms with Gasteiger partial charge in [-0.05, 0) is 24.5 Å². The van der Waals surface area contributed by atoms with Crippen LogP contribution in [0.5, 0.6) is 0 Å². The number of benzene rings is 1. The second-order valence-electron chi connectivity index (χ2n) is 7.52. The Labute approximate surface area is 172 Å². The third-order valence-corrected chi connectivity index (χ3v) is 6.78. The number of carbonyl (C=O) groups is 1. The molecule has 150 valence electrons. The number of rotatable bonds is 3. The van der Waals surface area contributed by atoms with Gasteiger partial charge in [-0.25, -0.2) is 9.78 Å². The molecule has 0 unspecified atom stereocenters. The zero-order valence-electron chi connectivity index (χ0n) is 16.2. The molecule has 1 fully saturated rings. The molecule has 1 saturated heterocycles. The first-order chi connectivity index (χ1) is 14.1. The standard InChI is InChI=1S/C22H22N2O4S/c1-13-17(21(25)26-12-14-5-3-2-4-6-14)19(23)18-15-7-8-22(27-9-10-28-22)11-16(15)29-20(18)24-13/h2-6H,7-12H2,1H3,(H2,23,24). The Morgan fingerprint density at radius 1 is 1.28 bits per heavy atom. The van der Waals surface area contributed by atoms with Gasteiger partial charge in [0.05, 0.1) is 24.6 Å². The minimum absolute atomic E-state index is 0.204. The molecular formula is C22H22N2O4S. The Morgan fingerprint density at radius 2 is 2.03 bits per heavy atom. The van der Waals surface area contributed by atoms with Crippen LogP contribution in [0.15, 0.2) is 30.3 Å². The molecule has 6 nitrogen and oxygen atoms in total. The number of nitrogen functional groups attached to an aromatic ring is 1. The van der Waals surface area contributed by atoms with Crippen LogP contribution in [0, 0.1) is 6.92 Å². The van der Waals surface area contributed by atoms with Crippen LogP contribution < -0.4 is 5.73 Å². The van der Waals surface area contributed by atoms with Gasteiger partial charge >= 0.3 is 5.97 Å². The average Bonchev–Trinajstić information content (AvgIpc) is 3.31. The van der Waals surface area contributed by atoms with Crippen LogP contribution in [0.2, 0.25) is 0 Å². The van der Waals surface area contributed by atoms with Gasteiger partial charge in [-0.3, -0.25) is 0 Å². The van der Waals surface area contributed by atoms with Gasteiger partial charge in [-0.15, -0.1) is 11.3 Å². The summed E-state index contributed by atoms with van der Waals surface area (Å²) < 4.78 is 17.3. The number of aryl methyl sites for hydroxylation is 2. The first-order valence-electron chi connectivity index (χ1n) is 9.76. The first-order valence-corrected chi connectivity index (χ1v) is 10.6. The maximum absolute atomic E-state index is 12.8. The van der Waals surface area contributed by atoms with E-state index in [1.54, 1.807) is 18.3 Å². The largest absolute Gasteiger partial charge is 0.457 e. The molecular weight excluding hydrogens is 388 g/mol. The summed E-state index contributed by atoms with van der Waals surface area (Å²) in [5.74, 6) is -0.942. The molecule has 0 radical (unpaired) electrons. The number of carbonyl (C=O) groups excluding carboxylic acids is 1. The number of anilines is 1. The molecule has 0 atom stereocenters. The summed E-state index contributed by atoms with van der Waals surface area (Å²) in [6.07, 6.45) is 2.28. The molecule has 7 heteroatoms. The lowest BCUT2D eigenvalue weighted by Gasteiger charge is -2.31. The van der Waals surface area contributed by atoms with Crippen molar-refractivity contribution in [2.24, 2.45) is 0 Å². The molecule has 2 aromatic heterocycles. The SMILES string of the molecule is Cc1nc2sc3c(c2c(N)c1C(=O)OCc1ccccc1)CCC1(C3)OCCO1. The van der Waals surface area contributed by atoms with Gasteiger partial charge in [-0.1, -0.05) is 30.3 Å². The number of hydrogen-bond acceptors (Lipinski definition) is 7. The molecule has 29 heavy (non-hydrogen) atoms. The summed E-state index contributed by atoms with van der Waals surface area (Å²) in [7, 11) is 0. The lowest BCUT2D eigenvalue weighted by molar-refractivity contribution is -0.163. The molecule has 5 rings (SSSR count). The zero-order chi connectivity index (χ0) is 20.0. The molecule has 2 aliphatic rings. The van der Waals surface area contributed by atoms with E-state index in [1.807, 2.05) is 30.3 Å². The number of pyridine rings is 1. The Hall–Kier alpha value is -2.48. The van der Waals surface area contributed by atoms with Crippen LogP contribution in [0.4, 0.5) is 5.69 Å². The Kier molecular flexibility index (Phi) is 4.53. The van der Waals surface area contributed by atoms with Crippen molar-refractivity contribution >= 4 is 33.2 Å². The average molecular weight is 410 g/mol. The Morgan fingerprint density at radius 3 is 2.79 bits per heavy atom. The lowest BCUT2D eigenvalue weighted by Crippen LogP contribution is -2.36. The van der Waals surface area contributed by atoms with Gasteiger partial charge in [0.25, 0.3) is 0 Å². The Balaban J connectivity index is 1.48. The molecule has 1 aliphatic carbocycles. The van der Waals surface area contributed by atoms with Crippen molar-refractivity contribution < 1.29 is 19.0 Å². The van der Waals surface area contributed by atoms with E-state index in [0.29, 0.717) is 36.6 Å². The molecule has 1 aliphatic heterocycles. The predicted octanol–water partition coefficient (Wildman–Crippen LogP) is 3.78. The molecule has 0 amide bonds. The minimum atomic E-state index is -0.505. The fraction of sp³-hybridized carbons (Fsp3) is 0.364. The van der Waals surface area contributed by atoms with Gasteiger partial charge in [0.2, 0.25) is 0 Å². The van der Waals surface area contributed by atoms with Crippen LogP contribution in [0.1, 0.15) is 38.5 Å². The summed E-state index contributed by atoms with van der Waals surface area (Å²) in [4.78, 5) is 19.5. The van der Waals surface area contributed by atoms with E-state index in [0.717, 1.165) is 34.2 Å². The molecule has 2 N–H and O–H groups in total. The number of fused-ring (bicyclic) bond motifs is 3. The number of hydrogen-bond donors (Lipinski definition) is 1. The fourth-order valence-corrected chi connectivity index (χ4v) is 5.61. The summed E-state index contributed by atoms with van der Waals surface area (Å²) in [6.45, 7) is 3.28. The van der Waals surface area contributed by atoms with Crippen LogP contribution in [-0.2, 0) is 33.7 Å². The van der Waals surface area contributed by atoms with Gasteiger partial charge < -0.3 is 19.9 Å². The number of thiophene rings is 1. The summed E-state index contributed by atoms with van der Waals surface area (Å²) in [5, 5.41) is 0.884. The van der Waals surface area contributed by atoms with Gasteiger partial charge in [-0.2, -0.15) is 0 Å². The van der Waals surface area contributed by atoms with Gasteiger partial charge in [0, 0.05) is 23.1 Å². The van der Waals surface area contributed by atoms with E-state index in [-0.39, 0.29) is 6.61 Å². The number of ether oxygens (including phenoxy) is 3. The summed E-state index contributed by atoms with van der Waals surface area (Å²) in [5.41, 5.74) is 10.0. The highest BCUT2D eigenvalue weighted by Crippen LogP contribution is 2.44. The van der Waals surface area contributed by atoms with E-state index in [4.69, 9.17) is 19.9 Å². The van der Waals surface area contributed by atoms with E-state index in [1.165, 1.54) is 4.88 Å². The van der Waals surface area contributed by atoms with E-state index < -0.39 is 11.8 Å². The number of nitrogens with zero attached hydrogens (tertiary/aromatic N) is 1. The van der Waals surface area contributed by atoms with Gasteiger partial charge in [0.15, 0.2) is 5.79 Å². The number of esters is 1. The van der Waals surface area contributed by atoms with Crippen molar-refractivity contribution in [3.8, 4) is 0 Å². The van der Waals surface area contributed by atoms with Crippen molar-refractivity contribution in [1.29, 1.82) is 0 Å². The highest BCUT2D eigenvalue weighted by Gasteiger charge is 2.41. The number of nitrogens with two attached hydrogens (primary N) is 1. The quantitative estimate of drug-likeness (QED) is 0.662. The summed E-state index contributed by atoms with van der Waals surface area (Å²) in [6, 6.07) is 9.60. The van der Waals surface area contributed by atoms with Crippen LogP contribution in [0.25, 0.3) is 10.2 Å². The highest BCUT2D eigenvalue weighted by atomic mass is 32.1. The smallest absolute Gasteiger partial charge is 0.342 e. The molecule has 3 heterocycles. The van der Waals surface area contributed by atoms with E-state index >= 15 is 0 Å². The third kappa shape index (κ3) is 3.19. The van der Waals surface area contributed by atoms with Gasteiger partial charge in [0.1, 0.15) is 17.0 Å². The zero-order valence-corrected chi connectivity index (χ0v) is 17.0. The van der Waals surface area contributed by atoms with Crippen LogP contribution in [0.3, 0.4) is 0 Å². The number of aromatic nitrogens is 1. The molecule has 3 aromatic rings. The van der Waals surface area contributed by atoms with Crippen molar-refractivity contribution in [2.75, 3.05) is 18.9 Å². The fourth-order valence-electron chi connectivity index (χ4n) is 4.23. The lowest BCUT2D eigenvalue weighted by atomic mass is 9.91. The minimum Gasteiger partial charge on any atom is -0.457 e. The second-order valence-corrected chi connectivity index (χ2v) is 8.60. The second kappa shape index (κ2) is 7.09. The highest BCUT2D eigenvalue weighted by molar-refractivity contribution is 7.19. The maximum Gasteiger partial charge on any atom is 0.342 e. The third-order valence-electron chi connectivity index (χ3n) is 5.66. The van der Waals surface area contributed by atoms with Crippen molar-refractivity contribution in [3.63, 3.8) is 0 Å². The predicted molar refractivity (Wildman–Crippen MR) is 111 cm³/mol. The summed E-state index contributed by atoms with van der Waals surface area (Å²) >= 11 is 1.62. The van der Waals surface area contributed by atoms with E-state index in [2.05, 4.69) is 4.98 Å². The monoisotopic (exact) mass is 410 g/mol. The topological polar surface area (TPSA) is 83.7 Å². The molecule has 0 bridgehead atoms. The van der Waals surface area contributed by atoms with E-state index in [9.17, 15) is 4.79 Å². The Bertz CT molecular complexity index is 1090. The molecule has 1 aromatic carbocycles.